The molecule has 0 fully saturated rings. The lowest BCUT2D eigenvalue weighted by Gasteiger charge is -2.43. The van der Waals surface area contributed by atoms with Crippen molar-refractivity contribution in [2.24, 2.45) is 0 Å². The summed E-state index contributed by atoms with van der Waals surface area (Å²) < 4.78 is 16.4. The van der Waals surface area contributed by atoms with Crippen LogP contribution in [0.5, 0.6) is 11.5 Å². The Morgan fingerprint density at radius 1 is 0.484 bits per heavy atom. The summed E-state index contributed by atoms with van der Waals surface area (Å²) in [6, 6.07) is 65.0. The molecule has 13 aromatic rings. The molecule has 18 rings (SSSR count). The molecule has 0 N–H and O–H groups in total. The Morgan fingerprint density at radius 3 is 1.86 bits per heavy atom. The average molecular weight is 811 g/mol. The maximum absolute atomic E-state index is 11.3. The van der Waals surface area contributed by atoms with Gasteiger partial charge < -0.3 is 13.6 Å². The number of nitrogens with zero attached hydrogens (tertiary/aromatic N) is 2. The van der Waals surface area contributed by atoms with Gasteiger partial charge in [0.05, 0.1) is 39.0 Å². The van der Waals surface area contributed by atoms with E-state index < -0.39 is 5.41 Å². The summed E-state index contributed by atoms with van der Waals surface area (Å²) in [4.78, 5) is 0. The Bertz CT molecular complexity index is 4290. The van der Waals surface area contributed by atoms with E-state index in [-0.39, 0.29) is 11.8 Å². The molecule has 0 unspecified atom stereocenters. The van der Waals surface area contributed by atoms with Crippen molar-refractivity contribution >= 4 is 70.8 Å². The van der Waals surface area contributed by atoms with Gasteiger partial charge in [0.15, 0.2) is 0 Å². The summed E-state index contributed by atoms with van der Waals surface area (Å²) in [5.74, 6) is 1.69. The fourth-order valence-corrected chi connectivity index (χ4v) is 13.8. The van der Waals surface area contributed by atoms with Crippen molar-refractivity contribution in [2.45, 2.75) is 17.3 Å². The van der Waals surface area contributed by atoms with Crippen LogP contribution in [0.1, 0.15) is 73.0 Å². The second-order valence-electron chi connectivity index (χ2n) is 18.4. The number of benzene rings is 10. The molecule has 4 nitrogen and oxygen atoms in total. The van der Waals surface area contributed by atoms with E-state index in [4.69, 9.17) is 9.15 Å². The second kappa shape index (κ2) is 10.6. The highest BCUT2D eigenvalue weighted by Crippen LogP contribution is 2.65. The average Bonchev–Trinajstić information content (AvgIpc) is 4.08. The monoisotopic (exact) mass is 810 g/mol. The van der Waals surface area contributed by atoms with E-state index in [9.17, 15) is 5.26 Å². The van der Waals surface area contributed by atoms with Gasteiger partial charge in [-0.3, -0.25) is 0 Å². The Balaban J connectivity index is 1.12. The molecule has 4 heterocycles. The minimum atomic E-state index is -0.607. The number of nitriles is 1. The van der Waals surface area contributed by atoms with Crippen molar-refractivity contribution in [1.29, 1.82) is 5.26 Å². The molecular weight excluding hydrogens is 781 g/mol. The van der Waals surface area contributed by atoms with Crippen LogP contribution in [0.15, 0.2) is 174 Å². The molecule has 3 aromatic heterocycles. The maximum Gasteiger partial charge on any atom is 0.146 e. The first-order valence-electron chi connectivity index (χ1n) is 22.2. The molecule has 4 heteroatoms. The largest absolute Gasteiger partial charge is 0.457 e. The minimum Gasteiger partial charge on any atom is -0.457 e. The first-order chi connectivity index (χ1) is 31.7. The second-order valence-corrected chi connectivity index (χ2v) is 18.4. The highest BCUT2D eigenvalue weighted by Gasteiger charge is 2.52. The molecule has 0 atom stereocenters. The number of para-hydroxylation sites is 2. The third kappa shape index (κ3) is 3.31. The normalized spacial score (nSPS) is 17.0. The Labute approximate surface area is 365 Å². The lowest BCUT2D eigenvalue weighted by molar-refractivity contribution is 0.436. The van der Waals surface area contributed by atoms with Crippen LogP contribution in [-0.4, -0.2) is 4.40 Å². The van der Waals surface area contributed by atoms with Crippen LogP contribution in [0.25, 0.3) is 81.9 Å². The Kier molecular flexibility index (Phi) is 5.36. The van der Waals surface area contributed by atoms with E-state index >= 15 is 0 Å². The quantitative estimate of drug-likeness (QED) is 0.143. The summed E-state index contributed by atoms with van der Waals surface area (Å²) in [5, 5.41) is 20.8. The summed E-state index contributed by atoms with van der Waals surface area (Å²) in [5.41, 5.74) is 20.2. The van der Waals surface area contributed by atoms with E-state index in [1.807, 2.05) is 0 Å². The summed E-state index contributed by atoms with van der Waals surface area (Å²) in [7, 11) is 0. The van der Waals surface area contributed by atoms with Gasteiger partial charge in [0.25, 0.3) is 0 Å². The predicted octanol–water partition coefficient (Wildman–Crippen LogP) is 14.7. The van der Waals surface area contributed by atoms with Crippen molar-refractivity contribution in [3.8, 4) is 28.7 Å². The number of fused-ring (bicyclic) bond motifs is 17. The van der Waals surface area contributed by atoms with Crippen LogP contribution in [-0.2, 0) is 5.41 Å². The SMILES string of the molecule is N#Cc1cc2c(c3c1C1c4ccccc4C3c3ccccc31)c1c3oc4cccc5ccc(c3c54)c3c4cc5c(cc4n2c31)-c1ccccc1C51c2ccccc2Oc2ccccc21. The van der Waals surface area contributed by atoms with Gasteiger partial charge >= 0.3 is 0 Å². The van der Waals surface area contributed by atoms with Gasteiger partial charge in [-0.2, -0.15) is 5.26 Å². The molecular formula is C60H30N2O2. The molecule has 5 aliphatic rings. The van der Waals surface area contributed by atoms with Crippen LogP contribution < -0.4 is 4.74 Å². The van der Waals surface area contributed by atoms with Gasteiger partial charge in [-0.25, -0.2) is 0 Å². The minimum absolute atomic E-state index is 0.0347. The van der Waals surface area contributed by atoms with E-state index in [1.54, 1.807) is 0 Å². The maximum atomic E-state index is 11.3. The van der Waals surface area contributed by atoms with Crippen LogP contribution >= 0.6 is 0 Å². The van der Waals surface area contributed by atoms with Gasteiger partial charge in [0, 0.05) is 49.9 Å². The molecule has 0 amide bonds. The molecule has 4 aliphatic carbocycles. The smallest absolute Gasteiger partial charge is 0.146 e. The lowest BCUT2D eigenvalue weighted by atomic mass is 9.59. The van der Waals surface area contributed by atoms with E-state index in [1.165, 1.54) is 87.8 Å². The van der Waals surface area contributed by atoms with Crippen molar-refractivity contribution < 1.29 is 9.15 Å². The number of furan rings is 1. The van der Waals surface area contributed by atoms with Gasteiger partial charge in [-0.15, -0.1) is 0 Å². The first kappa shape index (κ1) is 32.3. The van der Waals surface area contributed by atoms with Gasteiger partial charge in [0.1, 0.15) is 22.7 Å². The van der Waals surface area contributed by atoms with E-state index in [2.05, 4.69) is 180 Å². The molecule has 10 aromatic carbocycles. The van der Waals surface area contributed by atoms with Gasteiger partial charge in [-0.05, 0) is 103 Å². The molecule has 0 radical (unpaired) electrons. The summed E-state index contributed by atoms with van der Waals surface area (Å²) >= 11 is 0. The van der Waals surface area contributed by atoms with Crippen LogP contribution in [0.4, 0.5) is 0 Å². The van der Waals surface area contributed by atoms with E-state index in [0.29, 0.717) is 0 Å². The van der Waals surface area contributed by atoms with Gasteiger partial charge in [-0.1, -0.05) is 133 Å². The van der Waals surface area contributed by atoms with E-state index in [0.717, 1.165) is 66.9 Å². The van der Waals surface area contributed by atoms with Gasteiger partial charge in [0.2, 0.25) is 0 Å². The molecule has 64 heavy (non-hydrogen) atoms. The zero-order chi connectivity index (χ0) is 41.3. The molecule has 0 saturated heterocycles. The number of rotatable bonds is 0. The number of ether oxygens (including phenoxy) is 1. The van der Waals surface area contributed by atoms with Crippen molar-refractivity contribution in [3.63, 3.8) is 0 Å². The number of aromatic nitrogens is 1. The van der Waals surface area contributed by atoms with Crippen LogP contribution in [0, 0.1) is 11.3 Å². The topological polar surface area (TPSA) is 50.6 Å². The third-order valence-electron chi connectivity index (χ3n) is 15.9. The third-order valence-corrected chi connectivity index (χ3v) is 15.9. The molecule has 0 saturated carbocycles. The zero-order valence-corrected chi connectivity index (χ0v) is 34.0. The molecule has 2 bridgehead atoms. The van der Waals surface area contributed by atoms with Crippen molar-refractivity contribution in [1.82, 2.24) is 4.40 Å². The zero-order valence-electron chi connectivity index (χ0n) is 34.0. The summed E-state index contributed by atoms with van der Waals surface area (Å²) in [6.45, 7) is 0. The highest BCUT2D eigenvalue weighted by atomic mass is 16.5. The Morgan fingerprint density at radius 2 is 1.14 bits per heavy atom. The van der Waals surface area contributed by atoms with Crippen LogP contribution in [0.2, 0.25) is 0 Å². The molecule has 292 valence electrons. The number of hydrogen-bond donors (Lipinski definition) is 0. The van der Waals surface area contributed by atoms with Crippen molar-refractivity contribution in [2.75, 3.05) is 0 Å². The fourth-order valence-electron chi connectivity index (χ4n) is 13.8. The highest BCUT2D eigenvalue weighted by molar-refractivity contribution is 6.42. The van der Waals surface area contributed by atoms with Crippen molar-refractivity contribution in [3.05, 3.63) is 231 Å². The standard InChI is InChI=1S/C60H30N2O2/c61-29-31-26-45-55(56-50(31)51-33-14-1-3-16-35(33)52(56)36-17-4-2-15-34(36)51)57-58-53(37-25-24-30-12-11-23-48-49(30)54(37)59(57)64-48)39-27-43-38(28-44(39)62(45)58)32-13-5-6-18-40(32)60(43)41-19-7-9-21-46(41)63-47-22-10-8-20-42(47)60/h1-28,51-52H. The Hall–Kier alpha value is -8.39. The number of hydrogen-bond acceptors (Lipinski definition) is 3. The first-order valence-corrected chi connectivity index (χ1v) is 22.2. The molecule has 1 aliphatic heterocycles. The summed E-state index contributed by atoms with van der Waals surface area (Å²) in [6.07, 6.45) is 0. The fraction of sp³-hybridized carbons (Fsp3) is 0.0500. The molecule has 1 spiro atoms. The van der Waals surface area contributed by atoms with Crippen LogP contribution in [0.3, 0.4) is 0 Å². The lowest BCUT2D eigenvalue weighted by Crippen LogP contribution is -2.32. The predicted molar refractivity (Wildman–Crippen MR) is 254 cm³/mol.